The fourth-order valence-corrected chi connectivity index (χ4v) is 1.91. The van der Waals surface area contributed by atoms with E-state index < -0.39 is 4.92 Å². The molecule has 21 heavy (non-hydrogen) atoms. The Bertz CT molecular complexity index is 662. The van der Waals surface area contributed by atoms with Gasteiger partial charge in [-0.15, -0.1) is 0 Å². The van der Waals surface area contributed by atoms with Crippen molar-refractivity contribution in [1.29, 1.82) is 0 Å². The van der Waals surface area contributed by atoms with Gasteiger partial charge in [-0.1, -0.05) is 26.0 Å². The summed E-state index contributed by atoms with van der Waals surface area (Å²) in [6, 6.07) is 11.7. The third-order valence-corrected chi connectivity index (χ3v) is 3.11. The minimum absolute atomic E-state index is 0.00343. The summed E-state index contributed by atoms with van der Waals surface area (Å²) in [6.07, 6.45) is 0.451. The summed E-state index contributed by atoms with van der Waals surface area (Å²) >= 11 is 0. The number of nitro groups is 1. The van der Waals surface area contributed by atoms with Crippen LogP contribution < -0.4 is 4.74 Å². The number of nitro benzene ring substituents is 1. The fraction of sp³-hybridized carbons (Fsp3) is 0.188. The van der Waals surface area contributed by atoms with Gasteiger partial charge in [0, 0.05) is 6.07 Å². The van der Waals surface area contributed by atoms with Gasteiger partial charge in [0.15, 0.2) is 6.29 Å². The number of hydrogen-bond acceptors (Lipinski definition) is 4. The van der Waals surface area contributed by atoms with Crippen molar-refractivity contribution in [3.05, 3.63) is 63.7 Å². The average Bonchev–Trinajstić information content (AvgIpc) is 2.47. The van der Waals surface area contributed by atoms with E-state index in [-0.39, 0.29) is 11.3 Å². The second-order valence-corrected chi connectivity index (χ2v) is 4.92. The van der Waals surface area contributed by atoms with Gasteiger partial charge in [-0.25, -0.2) is 0 Å². The molecule has 0 radical (unpaired) electrons. The Balaban J connectivity index is 2.23. The number of aldehydes is 1. The van der Waals surface area contributed by atoms with E-state index in [2.05, 4.69) is 13.8 Å². The molecule has 0 saturated carbocycles. The molecule has 0 amide bonds. The van der Waals surface area contributed by atoms with Crippen LogP contribution in [-0.2, 0) is 0 Å². The molecule has 0 aromatic heterocycles. The Morgan fingerprint density at radius 3 is 2.24 bits per heavy atom. The topological polar surface area (TPSA) is 69.4 Å². The molecule has 0 heterocycles. The first kappa shape index (κ1) is 14.7. The van der Waals surface area contributed by atoms with Crippen molar-refractivity contribution in [3.8, 4) is 11.5 Å². The Labute approximate surface area is 122 Å². The summed E-state index contributed by atoms with van der Waals surface area (Å²) in [6.45, 7) is 4.20. The zero-order valence-electron chi connectivity index (χ0n) is 11.8. The molecule has 0 aliphatic carbocycles. The van der Waals surface area contributed by atoms with Crippen LogP contribution in [0.25, 0.3) is 0 Å². The van der Waals surface area contributed by atoms with Gasteiger partial charge in [-0.05, 0) is 35.7 Å². The second-order valence-electron chi connectivity index (χ2n) is 4.92. The lowest BCUT2D eigenvalue weighted by atomic mass is 10.0. The van der Waals surface area contributed by atoms with Gasteiger partial charge in [0.1, 0.15) is 11.5 Å². The highest BCUT2D eigenvalue weighted by Gasteiger charge is 2.14. The molecule has 0 atom stereocenters. The standard InChI is InChI=1S/C16H15NO4/c1-11(2)12-3-5-14(6-4-12)21-15-7-8-16(17(19)20)13(9-15)10-18/h3-11H,1-2H3. The molecular weight excluding hydrogens is 270 g/mol. The van der Waals surface area contributed by atoms with Crippen LogP contribution in [0, 0.1) is 10.1 Å². The summed E-state index contributed by atoms with van der Waals surface area (Å²) in [5.41, 5.74) is 0.962. The first-order valence-electron chi connectivity index (χ1n) is 6.52. The first-order chi connectivity index (χ1) is 10.0. The summed E-state index contributed by atoms with van der Waals surface area (Å²) in [5, 5.41) is 10.8. The van der Waals surface area contributed by atoms with Crippen LogP contribution in [0.2, 0.25) is 0 Å². The third-order valence-electron chi connectivity index (χ3n) is 3.11. The molecule has 0 fully saturated rings. The van der Waals surface area contributed by atoms with Crippen molar-refractivity contribution < 1.29 is 14.5 Å². The number of carbonyl (C=O) groups excluding carboxylic acids is 1. The molecule has 0 spiro atoms. The Morgan fingerprint density at radius 2 is 1.71 bits per heavy atom. The van der Waals surface area contributed by atoms with E-state index in [1.165, 1.54) is 23.8 Å². The Morgan fingerprint density at radius 1 is 1.10 bits per heavy atom. The molecule has 5 heteroatoms. The number of benzene rings is 2. The molecule has 2 aromatic rings. The molecule has 108 valence electrons. The van der Waals surface area contributed by atoms with Crippen LogP contribution in [0.4, 0.5) is 5.69 Å². The van der Waals surface area contributed by atoms with Crippen molar-refractivity contribution in [3.63, 3.8) is 0 Å². The van der Waals surface area contributed by atoms with Crippen LogP contribution in [0.1, 0.15) is 35.7 Å². The van der Waals surface area contributed by atoms with Gasteiger partial charge in [0.25, 0.3) is 5.69 Å². The Hall–Kier alpha value is -2.69. The first-order valence-corrected chi connectivity index (χ1v) is 6.52. The molecule has 0 saturated heterocycles. The highest BCUT2D eigenvalue weighted by atomic mass is 16.6. The van der Waals surface area contributed by atoms with Crippen molar-refractivity contribution in [1.82, 2.24) is 0 Å². The molecule has 0 unspecified atom stereocenters. The maximum Gasteiger partial charge on any atom is 0.280 e. The van der Waals surface area contributed by atoms with Crippen molar-refractivity contribution in [2.45, 2.75) is 19.8 Å². The van der Waals surface area contributed by atoms with E-state index in [4.69, 9.17) is 4.74 Å². The lowest BCUT2D eigenvalue weighted by Crippen LogP contribution is -1.95. The molecule has 5 nitrogen and oxygen atoms in total. The van der Waals surface area contributed by atoms with Gasteiger partial charge < -0.3 is 4.74 Å². The van der Waals surface area contributed by atoms with Crippen LogP contribution >= 0.6 is 0 Å². The normalized spacial score (nSPS) is 10.4. The molecular formula is C16H15NO4. The minimum Gasteiger partial charge on any atom is -0.457 e. The second kappa shape index (κ2) is 6.17. The van der Waals surface area contributed by atoms with E-state index in [0.717, 1.165) is 0 Å². The fourth-order valence-electron chi connectivity index (χ4n) is 1.91. The predicted octanol–water partition coefficient (Wildman–Crippen LogP) is 4.32. The summed E-state index contributed by atoms with van der Waals surface area (Å²) in [4.78, 5) is 21.1. The van der Waals surface area contributed by atoms with E-state index in [9.17, 15) is 14.9 Å². The molecule has 0 aliphatic heterocycles. The molecule has 0 bridgehead atoms. The van der Waals surface area contributed by atoms with Crippen LogP contribution in [-0.4, -0.2) is 11.2 Å². The third kappa shape index (κ3) is 3.45. The average molecular weight is 285 g/mol. The zero-order valence-corrected chi connectivity index (χ0v) is 11.8. The number of nitrogens with zero attached hydrogens (tertiary/aromatic N) is 1. The largest absolute Gasteiger partial charge is 0.457 e. The lowest BCUT2D eigenvalue weighted by molar-refractivity contribution is -0.385. The molecule has 2 rings (SSSR count). The van der Waals surface area contributed by atoms with Crippen molar-refractivity contribution >= 4 is 12.0 Å². The molecule has 0 N–H and O–H groups in total. The minimum atomic E-state index is -0.592. The summed E-state index contributed by atoms with van der Waals surface area (Å²) in [5.74, 6) is 1.44. The van der Waals surface area contributed by atoms with Crippen LogP contribution in [0.5, 0.6) is 11.5 Å². The maximum atomic E-state index is 10.9. The predicted molar refractivity (Wildman–Crippen MR) is 79.1 cm³/mol. The zero-order chi connectivity index (χ0) is 15.4. The SMILES string of the molecule is CC(C)c1ccc(Oc2ccc([N+](=O)[O-])c(C=O)c2)cc1. The summed E-state index contributed by atoms with van der Waals surface area (Å²) in [7, 11) is 0. The highest BCUT2D eigenvalue weighted by molar-refractivity contribution is 5.82. The monoisotopic (exact) mass is 285 g/mol. The lowest BCUT2D eigenvalue weighted by Gasteiger charge is -2.09. The smallest absolute Gasteiger partial charge is 0.280 e. The molecule has 2 aromatic carbocycles. The van der Waals surface area contributed by atoms with Gasteiger partial charge in [0.2, 0.25) is 0 Å². The van der Waals surface area contributed by atoms with E-state index in [0.29, 0.717) is 23.7 Å². The van der Waals surface area contributed by atoms with Crippen LogP contribution in [0.3, 0.4) is 0 Å². The van der Waals surface area contributed by atoms with Crippen molar-refractivity contribution in [2.24, 2.45) is 0 Å². The number of ether oxygens (including phenoxy) is 1. The maximum absolute atomic E-state index is 10.9. The molecule has 0 aliphatic rings. The summed E-state index contributed by atoms with van der Waals surface area (Å²) < 4.78 is 5.61. The van der Waals surface area contributed by atoms with Crippen molar-refractivity contribution in [2.75, 3.05) is 0 Å². The van der Waals surface area contributed by atoms with E-state index in [1.807, 2.05) is 24.3 Å². The Kier molecular flexibility index (Phi) is 4.33. The van der Waals surface area contributed by atoms with Gasteiger partial charge in [-0.3, -0.25) is 14.9 Å². The van der Waals surface area contributed by atoms with E-state index >= 15 is 0 Å². The van der Waals surface area contributed by atoms with Gasteiger partial charge >= 0.3 is 0 Å². The van der Waals surface area contributed by atoms with Gasteiger partial charge in [0.05, 0.1) is 10.5 Å². The number of rotatable bonds is 5. The number of hydrogen-bond donors (Lipinski definition) is 0. The quantitative estimate of drug-likeness (QED) is 0.466. The number of carbonyl (C=O) groups is 1. The van der Waals surface area contributed by atoms with Gasteiger partial charge in [-0.2, -0.15) is 0 Å². The van der Waals surface area contributed by atoms with E-state index in [1.54, 1.807) is 0 Å². The highest BCUT2D eigenvalue weighted by Crippen LogP contribution is 2.27. The van der Waals surface area contributed by atoms with Crippen LogP contribution in [0.15, 0.2) is 42.5 Å².